The maximum Gasteiger partial charge on any atom is 0.248 e. The fourth-order valence-electron chi connectivity index (χ4n) is 2.44. The highest BCUT2D eigenvalue weighted by molar-refractivity contribution is 5.77. The molecule has 0 spiro atoms. The first-order valence-electron chi connectivity index (χ1n) is 7.41. The lowest BCUT2D eigenvalue weighted by Crippen LogP contribution is -2.42. The van der Waals surface area contributed by atoms with Crippen molar-refractivity contribution < 1.29 is 9.53 Å². The van der Waals surface area contributed by atoms with Gasteiger partial charge in [0.1, 0.15) is 6.61 Å². The second-order valence-electron chi connectivity index (χ2n) is 6.07. The molecule has 0 atom stereocenters. The lowest BCUT2D eigenvalue weighted by molar-refractivity contribution is -0.140. The van der Waals surface area contributed by atoms with Gasteiger partial charge in [0.05, 0.1) is 6.10 Å². The van der Waals surface area contributed by atoms with Crippen molar-refractivity contribution in [1.29, 1.82) is 0 Å². The Morgan fingerprint density at radius 1 is 1.22 bits per heavy atom. The minimum atomic E-state index is 0.129. The standard InChI is InChI=1S/C15H29NO2/c1-12(2)9-10-16(14-7-5-6-8-14)15(17)11-18-13(3)4/h12-14H,5-11H2,1-4H3. The van der Waals surface area contributed by atoms with Crippen LogP contribution in [0.2, 0.25) is 0 Å². The average Bonchev–Trinajstić information content (AvgIpc) is 2.79. The molecule has 1 aliphatic carbocycles. The van der Waals surface area contributed by atoms with Gasteiger partial charge in [-0.15, -0.1) is 0 Å². The minimum absolute atomic E-state index is 0.129. The smallest absolute Gasteiger partial charge is 0.248 e. The van der Waals surface area contributed by atoms with Crippen LogP contribution in [0.5, 0.6) is 0 Å². The summed E-state index contributed by atoms with van der Waals surface area (Å²) in [5.74, 6) is 0.823. The van der Waals surface area contributed by atoms with Gasteiger partial charge in [0.25, 0.3) is 0 Å². The third kappa shape index (κ3) is 5.38. The van der Waals surface area contributed by atoms with Gasteiger partial charge in [0, 0.05) is 12.6 Å². The van der Waals surface area contributed by atoms with Crippen LogP contribution in [0, 0.1) is 5.92 Å². The normalized spacial score (nSPS) is 16.8. The summed E-state index contributed by atoms with van der Waals surface area (Å²) >= 11 is 0. The number of carbonyl (C=O) groups is 1. The minimum Gasteiger partial charge on any atom is -0.369 e. The molecule has 3 nitrogen and oxygen atoms in total. The summed E-state index contributed by atoms with van der Waals surface area (Å²) in [6.07, 6.45) is 6.09. The van der Waals surface area contributed by atoms with E-state index in [1.54, 1.807) is 0 Å². The van der Waals surface area contributed by atoms with Crippen molar-refractivity contribution >= 4 is 5.91 Å². The number of ether oxygens (including phenoxy) is 1. The van der Waals surface area contributed by atoms with Crippen molar-refractivity contribution in [3.63, 3.8) is 0 Å². The number of amides is 1. The van der Waals surface area contributed by atoms with Crippen LogP contribution in [0.4, 0.5) is 0 Å². The Morgan fingerprint density at radius 3 is 2.33 bits per heavy atom. The maximum atomic E-state index is 12.2. The Bertz CT molecular complexity index is 245. The number of hydrogen-bond acceptors (Lipinski definition) is 2. The van der Waals surface area contributed by atoms with E-state index in [1.807, 2.05) is 13.8 Å². The van der Waals surface area contributed by atoms with E-state index in [0.717, 1.165) is 13.0 Å². The van der Waals surface area contributed by atoms with Gasteiger partial charge in [-0.05, 0) is 39.0 Å². The second kappa shape index (κ2) is 7.78. The Morgan fingerprint density at radius 2 is 1.83 bits per heavy atom. The quantitative estimate of drug-likeness (QED) is 0.699. The van der Waals surface area contributed by atoms with E-state index in [0.29, 0.717) is 12.0 Å². The summed E-state index contributed by atoms with van der Waals surface area (Å²) in [5.41, 5.74) is 0. The van der Waals surface area contributed by atoms with Crippen molar-refractivity contribution in [2.24, 2.45) is 5.92 Å². The topological polar surface area (TPSA) is 29.5 Å². The van der Waals surface area contributed by atoms with Gasteiger partial charge >= 0.3 is 0 Å². The second-order valence-corrected chi connectivity index (χ2v) is 6.07. The Kier molecular flexibility index (Phi) is 6.69. The highest BCUT2D eigenvalue weighted by Crippen LogP contribution is 2.24. The van der Waals surface area contributed by atoms with Crippen LogP contribution < -0.4 is 0 Å². The molecule has 0 heterocycles. The molecule has 18 heavy (non-hydrogen) atoms. The molecule has 0 aromatic carbocycles. The van der Waals surface area contributed by atoms with Crippen LogP contribution >= 0.6 is 0 Å². The summed E-state index contributed by atoms with van der Waals surface area (Å²) in [4.78, 5) is 14.3. The first-order chi connectivity index (χ1) is 8.50. The van der Waals surface area contributed by atoms with E-state index < -0.39 is 0 Å². The fourth-order valence-corrected chi connectivity index (χ4v) is 2.44. The van der Waals surface area contributed by atoms with Gasteiger partial charge in [-0.25, -0.2) is 0 Å². The number of rotatable bonds is 7. The number of hydrogen-bond donors (Lipinski definition) is 0. The van der Waals surface area contributed by atoms with Crippen LogP contribution in [0.3, 0.4) is 0 Å². The SMILES string of the molecule is CC(C)CCN(C(=O)COC(C)C)C1CCCC1. The molecule has 1 amide bonds. The van der Waals surface area contributed by atoms with Crippen molar-refractivity contribution in [2.75, 3.05) is 13.2 Å². The van der Waals surface area contributed by atoms with E-state index in [9.17, 15) is 4.79 Å². The van der Waals surface area contributed by atoms with E-state index >= 15 is 0 Å². The maximum absolute atomic E-state index is 12.2. The van der Waals surface area contributed by atoms with Crippen molar-refractivity contribution in [3.05, 3.63) is 0 Å². The predicted octanol–water partition coefficient (Wildman–Crippen LogP) is 3.23. The van der Waals surface area contributed by atoms with E-state index in [4.69, 9.17) is 4.74 Å². The first kappa shape index (κ1) is 15.5. The number of nitrogens with zero attached hydrogens (tertiary/aromatic N) is 1. The van der Waals surface area contributed by atoms with Crippen molar-refractivity contribution in [2.45, 2.75) is 71.9 Å². The summed E-state index contributed by atoms with van der Waals surface area (Å²) in [6, 6.07) is 0.465. The van der Waals surface area contributed by atoms with E-state index in [1.165, 1.54) is 25.7 Å². The van der Waals surface area contributed by atoms with Crippen LogP contribution in [0.15, 0.2) is 0 Å². The Hall–Kier alpha value is -0.570. The predicted molar refractivity (Wildman–Crippen MR) is 74.5 cm³/mol. The average molecular weight is 255 g/mol. The van der Waals surface area contributed by atoms with Gasteiger partial charge in [-0.3, -0.25) is 4.79 Å². The summed E-state index contributed by atoms with van der Waals surface area (Å²) in [5, 5.41) is 0. The molecule has 0 aromatic heterocycles. The largest absolute Gasteiger partial charge is 0.369 e. The first-order valence-corrected chi connectivity index (χ1v) is 7.41. The van der Waals surface area contributed by atoms with Gasteiger partial charge in [0.15, 0.2) is 0 Å². The monoisotopic (exact) mass is 255 g/mol. The molecule has 1 saturated carbocycles. The van der Waals surface area contributed by atoms with Crippen LogP contribution in [-0.2, 0) is 9.53 Å². The third-order valence-electron chi connectivity index (χ3n) is 3.57. The van der Waals surface area contributed by atoms with E-state index in [2.05, 4.69) is 18.7 Å². The molecule has 1 rings (SSSR count). The summed E-state index contributed by atoms with van der Waals surface area (Å²) in [7, 11) is 0. The van der Waals surface area contributed by atoms with Gasteiger partial charge in [-0.1, -0.05) is 26.7 Å². The van der Waals surface area contributed by atoms with Crippen LogP contribution in [0.25, 0.3) is 0 Å². The zero-order valence-corrected chi connectivity index (χ0v) is 12.4. The highest BCUT2D eigenvalue weighted by Gasteiger charge is 2.26. The molecule has 0 bridgehead atoms. The molecule has 0 N–H and O–H groups in total. The Balaban J connectivity index is 2.49. The van der Waals surface area contributed by atoms with Crippen molar-refractivity contribution in [1.82, 2.24) is 4.90 Å². The lowest BCUT2D eigenvalue weighted by Gasteiger charge is -2.30. The number of carbonyl (C=O) groups excluding carboxylic acids is 1. The molecule has 0 aliphatic heterocycles. The highest BCUT2D eigenvalue weighted by atomic mass is 16.5. The van der Waals surface area contributed by atoms with Gasteiger partial charge < -0.3 is 9.64 Å². The van der Waals surface area contributed by atoms with Crippen LogP contribution in [0.1, 0.15) is 59.8 Å². The van der Waals surface area contributed by atoms with E-state index in [-0.39, 0.29) is 18.6 Å². The molecular formula is C15H29NO2. The zero-order valence-electron chi connectivity index (χ0n) is 12.4. The molecule has 0 saturated heterocycles. The zero-order chi connectivity index (χ0) is 13.5. The molecule has 3 heteroatoms. The van der Waals surface area contributed by atoms with Crippen molar-refractivity contribution in [3.8, 4) is 0 Å². The summed E-state index contributed by atoms with van der Waals surface area (Å²) < 4.78 is 5.46. The lowest BCUT2D eigenvalue weighted by atomic mass is 10.1. The van der Waals surface area contributed by atoms with Crippen LogP contribution in [-0.4, -0.2) is 36.1 Å². The van der Waals surface area contributed by atoms with Gasteiger partial charge in [0.2, 0.25) is 5.91 Å². The summed E-state index contributed by atoms with van der Waals surface area (Å²) in [6.45, 7) is 9.50. The molecule has 0 radical (unpaired) electrons. The fraction of sp³-hybridized carbons (Fsp3) is 0.933. The molecule has 1 aliphatic rings. The molecular weight excluding hydrogens is 226 g/mol. The Labute approximate surface area is 112 Å². The molecule has 0 aromatic rings. The van der Waals surface area contributed by atoms with Gasteiger partial charge in [-0.2, -0.15) is 0 Å². The molecule has 1 fully saturated rings. The molecule has 0 unspecified atom stereocenters. The third-order valence-corrected chi connectivity index (χ3v) is 3.57. The molecule has 106 valence electrons.